The Hall–Kier alpha value is -0.870. The normalized spacial score (nSPS) is 19.5. The highest BCUT2D eigenvalue weighted by atomic mass is 15.3. The van der Waals surface area contributed by atoms with E-state index >= 15 is 0 Å². The fourth-order valence-corrected chi connectivity index (χ4v) is 3.00. The summed E-state index contributed by atoms with van der Waals surface area (Å²) >= 11 is 0. The van der Waals surface area contributed by atoms with E-state index in [0.717, 1.165) is 12.2 Å². The van der Waals surface area contributed by atoms with E-state index in [-0.39, 0.29) is 6.04 Å². The second-order valence-corrected chi connectivity index (χ2v) is 5.07. The van der Waals surface area contributed by atoms with Gasteiger partial charge in [0.25, 0.3) is 0 Å². The molecule has 1 aromatic rings. The number of nitrogens with one attached hydrogen (secondary N) is 1. The van der Waals surface area contributed by atoms with Gasteiger partial charge in [0.05, 0.1) is 17.4 Å². The van der Waals surface area contributed by atoms with Crippen LogP contribution in [-0.2, 0) is 6.54 Å². The van der Waals surface area contributed by atoms with Gasteiger partial charge in [0.2, 0.25) is 0 Å². The molecular weight excluding hydrogens is 212 g/mol. The summed E-state index contributed by atoms with van der Waals surface area (Å²) in [6.07, 6.45) is 6.61. The predicted octanol–water partition coefficient (Wildman–Crippen LogP) is 2.30. The van der Waals surface area contributed by atoms with Gasteiger partial charge in [0.15, 0.2) is 0 Å². The zero-order valence-corrected chi connectivity index (χ0v) is 10.9. The standard InChI is InChI=1S/C13H24N4/c1-3-17-12(9-10(2)16-17)13(15-14)11-7-5-4-6-8-11/h9,11,13,15H,3-8,14H2,1-2H3. The minimum atomic E-state index is 0.261. The average Bonchev–Trinajstić information content (AvgIpc) is 2.73. The molecule has 1 aliphatic carbocycles. The third-order valence-electron chi connectivity index (χ3n) is 3.85. The van der Waals surface area contributed by atoms with Crippen LogP contribution < -0.4 is 11.3 Å². The van der Waals surface area contributed by atoms with Crippen LogP contribution in [0.5, 0.6) is 0 Å². The molecule has 96 valence electrons. The molecule has 4 heteroatoms. The molecule has 1 fully saturated rings. The number of hydrogen-bond donors (Lipinski definition) is 2. The lowest BCUT2D eigenvalue weighted by Crippen LogP contribution is -2.36. The Kier molecular flexibility index (Phi) is 4.18. The van der Waals surface area contributed by atoms with Crippen LogP contribution in [0.2, 0.25) is 0 Å². The van der Waals surface area contributed by atoms with Crippen molar-refractivity contribution in [1.82, 2.24) is 15.2 Å². The van der Waals surface area contributed by atoms with Crippen LogP contribution in [0.4, 0.5) is 0 Å². The number of nitrogens with two attached hydrogens (primary N) is 1. The zero-order valence-electron chi connectivity index (χ0n) is 10.9. The van der Waals surface area contributed by atoms with Crippen molar-refractivity contribution < 1.29 is 0 Å². The van der Waals surface area contributed by atoms with Crippen LogP contribution >= 0.6 is 0 Å². The first kappa shape index (κ1) is 12.6. The van der Waals surface area contributed by atoms with Crippen LogP contribution in [0.25, 0.3) is 0 Å². The first-order chi connectivity index (χ1) is 8.26. The second-order valence-electron chi connectivity index (χ2n) is 5.07. The maximum Gasteiger partial charge on any atom is 0.0657 e. The molecule has 1 aliphatic rings. The maximum absolute atomic E-state index is 5.78. The minimum Gasteiger partial charge on any atom is -0.271 e. The van der Waals surface area contributed by atoms with Gasteiger partial charge in [-0.05, 0) is 38.7 Å². The quantitative estimate of drug-likeness (QED) is 0.623. The molecule has 1 atom stereocenters. The molecule has 0 aromatic carbocycles. The topological polar surface area (TPSA) is 55.9 Å². The largest absolute Gasteiger partial charge is 0.271 e. The molecule has 1 unspecified atom stereocenters. The summed E-state index contributed by atoms with van der Waals surface area (Å²) in [4.78, 5) is 0. The molecular formula is C13H24N4. The molecule has 4 nitrogen and oxygen atoms in total. The molecule has 1 aromatic heterocycles. The SMILES string of the molecule is CCn1nc(C)cc1C(NN)C1CCCCC1. The number of aryl methyl sites for hydroxylation is 2. The molecule has 0 radical (unpaired) electrons. The monoisotopic (exact) mass is 236 g/mol. The lowest BCUT2D eigenvalue weighted by atomic mass is 9.83. The van der Waals surface area contributed by atoms with Gasteiger partial charge in [-0.15, -0.1) is 0 Å². The van der Waals surface area contributed by atoms with E-state index < -0.39 is 0 Å². The molecule has 2 rings (SSSR count). The van der Waals surface area contributed by atoms with Gasteiger partial charge in [-0.3, -0.25) is 16.0 Å². The van der Waals surface area contributed by atoms with E-state index in [9.17, 15) is 0 Å². The van der Waals surface area contributed by atoms with Crippen molar-refractivity contribution in [2.75, 3.05) is 0 Å². The number of hydrazine groups is 1. The van der Waals surface area contributed by atoms with Crippen LogP contribution in [0.3, 0.4) is 0 Å². The maximum atomic E-state index is 5.78. The Balaban J connectivity index is 2.20. The number of nitrogens with zero attached hydrogens (tertiary/aromatic N) is 2. The highest BCUT2D eigenvalue weighted by Crippen LogP contribution is 2.34. The number of rotatable bonds is 4. The van der Waals surface area contributed by atoms with E-state index in [1.54, 1.807) is 0 Å². The Morgan fingerprint density at radius 2 is 2.18 bits per heavy atom. The van der Waals surface area contributed by atoms with Crippen molar-refractivity contribution in [3.8, 4) is 0 Å². The minimum absolute atomic E-state index is 0.261. The molecule has 17 heavy (non-hydrogen) atoms. The molecule has 1 saturated carbocycles. The number of aromatic nitrogens is 2. The fraction of sp³-hybridized carbons (Fsp3) is 0.769. The van der Waals surface area contributed by atoms with Crippen LogP contribution in [0, 0.1) is 12.8 Å². The summed E-state index contributed by atoms with van der Waals surface area (Å²) in [6.45, 7) is 5.09. The molecule has 0 amide bonds. The lowest BCUT2D eigenvalue weighted by molar-refractivity contribution is 0.263. The van der Waals surface area contributed by atoms with Crippen molar-refractivity contribution in [2.45, 2.75) is 58.5 Å². The number of hydrogen-bond acceptors (Lipinski definition) is 3. The van der Waals surface area contributed by atoms with Gasteiger partial charge < -0.3 is 0 Å². The molecule has 0 spiro atoms. The summed E-state index contributed by atoms with van der Waals surface area (Å²) < 4.78 is 2.08. The fourth-order valence-electron chi connectivity index (χ4n) is 3.00. The molecule has 3 N–H and O–H groups in total. The molecule has 0 bridgehead atoms. The van der Waals surface area contributed by atoms with Crippen LogP contribution in [0.1, 0.15) is 56.5 Å². The summed E-state index contributed by atoms with van der Waals surface area (Å²) in [5, 5.41) is 4.51. The highest BCUT2D eigenvalue weighted by molar-refractivity contribution is 5.14. The summed E-state index contributed by atoms with van der Waals surface area (Å²) in [7, 11) is 0. The van der Waals surface area contributed by atoms with Gasteiger partial charge in [0.1, 0.15) is 0 Å². The van der Waals surface area contributed by atoms with Crippen molar-refractivity contribution in [3.63, 3.8) is 0 Å². The molecule has 0 aliphatic heterocycles. The van der Waals surface area contributed by atoms with E-state index in [2.05, 4.69) is 28.2 Å². The summed E-state index contributed by atoms with van der Waals surface area (Å²) in [5.41, 5.74) is 5.35. The van der Waals surface area contributed by atoms with E-state index in [1.807, 2.05) is 6.92 Å². The van der Waals surface area contributed by atoms with Crippen molar-refractivity contribution in [2.24, 2.45) is 11.8 Å². The van der Waals surface area contributed by atoms with Crippen LogP contribution in [-0.4, -0.2) is 9.78 Å². The summed E-state index contributed by atoms with van der Waals surface area (Å²) in [6, 6.07) is 2.43. The Labute approximate surface area is 104 Å². The van der Waals surface area contributed by atoms with Crippen molar-refractivity contribution in [3.05, 3.63) is 17.5 Å². The third kappa shape index (κ3) is 2.69. The predicted molar refractivity (Wildman–Crippen MR) is 69.3 cm³/mol. The first-order valence-electron chi connectivity index (χ1n) is 6.76. The van der Waals surface area contributed by atoms with Gasteiger partial charge >= 0.3 is 0 Å². The van der Waals surface area contributed by atoms with Gasteiger partial charge in [-0.1, -0.05) is 19.3 Å². The van der Waals surface area contributed by atoms with Gasteiger partial charge in [0, 0.05) is 6.54 Å². The molecule has 0 saturated heterocycles. The molecule has 1 heterocycles. The van der Waals surface area contributed by atoms with E-state index in [0.29, 0.717) is 5.92 Å². The highest BCUT2D eigenvalue weighted by Gasteiger charge is 2.26. The Bertz CT molecular complexity index is 352. The van der Waals surface area contributed by atoms with E-state index in [1.165, 1.54) is 37.8 Å². The first-order valence-corrected chi connectivity index (χ1v) is 6.76. The van der Waals surface area contributed by atoms with Gasteiger partial charge in [-0.2, -0.15) is 5.10 Å². The van der Waals surface area contributed by atoms with Crippen molar-refractivity contribution in [1.29, 1.82) is 0 Å². The Morgan fingerprint density at radius 1 is 1.47 bits per heavy atom. The summed E-state index contributed by atoms with van der Waals surface area (Å²) in [5.74, 6) is 6.44. The lowest BCUT2D eigenvalue weighted by Gasteiger charge is -2.30. The Morgan fingerprint density at radius 3 is 2.76 bits per heavy atom. The average molecular weight is 236 g/mol. The van der Waals surface area contributed by atoms with Crippen LogP contribution in [0.15, 0.2) is 6.07 Å². The second kappa shape index (κ2) is 5.65. The van der Waals surface area contributed by atoms with Gasteiger partial charge in [-0.25, -0.2) is 0 Å². The smallest absolute Gasteiger partial charge is 0.0657 e. The third-order valence-corrected chi connectivity index (χ3v) is 3.85. The van der Waals surface area contributed by atoms with E-state index in [4.69, 9.17) is 5.84 Å². The zero-order chi connectivity index (χ0) is 12.3. The van der Waals surface area contributed by atoms with Crippen molar-refractivity contribution >= 4 is 0 Å².